The van der Waals surface area contributed by atoms with Crippen LogP contribution in [0.25, 0.3) is 0 Å². The summed E-state index contributed by atoms with van der Waals surface area (Å²) in [4.78, 5) is 22.8. The van der Waals surface area contributed by atoms with Crippen molar-refractivity contribution in [2.24, 2.45) is 0 Å². The van der Waals surface area contributed by atoms with Crippen LogP contribution < -0.4 is 16.0 Å². The number of amides is 2. The smallest absolute Gasteiger partial charge is 0.407 e. The Morgan fingerprint density at radius 1 is 1.18 bits per heavy atom. The molecule has 3 N–H and O–H groups in total. The standard InChI is InChI=1S/C16H21N3O3/c20-15-8-14(9-17-15)18-12-6-13(7-12)19-16(21)22-10-11-4-2-1-3-5-11/h1-5,12-14,18H,6-10H2,(H,17,20)(H,19,21). The van der Waals surface area contributed by atoms with Crippen LogP contribution in [-0.4, -0.2) is 36.7 Å². The predicted molar refractivity (Wildman–Crippen MR) is 81.1 cm³/mol. The molecule has 1 saturated heterocycles. The fraction of sp³-hybridized carbons (Fsp3) is 0.500. The van der Waals surface area contributed by atoms with Gasteiger partial charge < -0.3 is 20.7 Å². The van der Waals surface area contributed by atoms with E-state index >= 15 is 0 Å². The van der Waals surface area contributed by atoms with E-state index in [0.29, 0.717) is 19.0 Å². The average Bonchev–Trinajstić information content (AvgIpc) is 2.89. The predicted octanol–water partition coefficient (Wildman–Crippen LogP) is 0.922. The minimum absolute atomic E-state index is 0.107. The molecule has 2 fully saturated rings. The van der Waals surface area contributed by atoms with Gasteiger partial charge in [-0.15, -0.1) is 0 Å². The number of hydrogen-bond acceptors (Lipinski definition) is 4. The first-order chi connectivity index (χ1) is 10.7. The van der Waals surface area contributed by atoms with Crippen molar-refractivity contribution in [3.05, 3.63) is 35.9 Å². The van der Waals surface area contributed by atoms with Crippen LogP contribution in [0.5, 0.6) is 0 Å². The number of nitrogens with one attached hydrogen (secondary N) is 3. The lowest BCUT2D eigenvalue weighted by atomic mass is 9.86. The van der Waals surface area contributed by atoms with E-state index < -0.39 is 0 Å². The molecule has 2 amide bonds. The summed E-state index contributed by atoms with van der Waals surface area (Å²) < 4.78 is 5.19. The molecule has 1 saturated carbocycles. The minimum Gasteiger partial charge on any atom is -0.445 e. The van der Waals surface area contributed by atoms with Gasteiger partial charge in [-0.25, -0.2) is 4.79 Å². The monoisotopic (exact) mass is 303 g/mol. The highest BCUT2D eigenvalue weighted by Gasteiger charge is 2.33. The van der Waals surface area contributed by atoms with Crippen molar-refractivity contribution < 1.29 is 14.3 Å². The fourth-order valence-electron chi connectivity index (χ4n) is 2.86. The molecular formula is C16H21N3O3. The number of hydrogen-bond donors (Lipinski definition) is 3. The first-order valence-electron chi connectivity index (χ1n) is 7.69. The second-order valence-corrected chi connectivity index (χ2v) is 5.94. The Kier molecular flexibility index (Phi) is 4.58. The third-order valence-electron chi connectivity index (χ3n) is 4.12. The van der Waals surface area contributed by atoms with Gasteiger partial charge >= 0.3 is 6.09 Å². The zero-order chi connectivity index (χ0) is 15.4. The molecular weight excluding hydrogens is 282 g/mol. The lowest BCUT2D eigenvalue weighted by Crippen LogP contribution is -2.55. The summed E-state index contributed by atoms with van der Waals surface area (Å²) in [5, 5.41) is 9.11. The Labute approximate surface area is 129 Å². The largest absolute Gasteiger partial charge is 0.445 e. The second kappa shape index (κ2) is 6.79. The van der Waals surface area contributed by atoms with E-state index in [4.69, 9.17) is 4.74 Å². The fourth-order valence-corrected chi connectivity index (χ4v) is 2.86. The average molecular weight is 303 g/mol. The number of rotatable bonds is 5. The second-order valence-electron chi connectivity index (χ2n) is 5.94. The van der Waals surface area contributed by atoms with Gasteiger partial charge in [-0.1, -0.05) is 30.3 Å². The lowest BCUT2D eigenvalue weighted by Gasteiger charge is -2.37. The van der Waals surface area contributed by atoms with Crippen LogP contribution in [0.3, 0.4) is 0 Å². The number of ether oxygens (including phenoxy) is 1. The number of alkyl carbamates (subject to hydrolysis) is 1. The van der Waals surface area contributed by atoms with Gasteiger partial charge in [0.05, 0.1) is 0 Å². The van der Waals surface area contributed by atoms with E-state index in [1.54, 1.807) is 0 Å². The Balaban J connectivity index is 1.30. The Morgan fingerprint density at radius 2 is 1.95 bits per heavy atom. The van der Waals surface area contributed by atoms with Crippen LogP contribution in [0.2, 0.25) is 0 Å². The number of carbonyl (C=O) groups is 2. The minimum atomic E-state index is -0.370. The van der Waals surface area contributed by atoms with Gasteiger partial charge in [-0.2, -0.15) is 0 Å². The summed E-state index contributed by atoms with van der Waals surface area (Å²) >= 11 is 0. The van der Waals surface area contributed by atoms with Gasteiger partial charge in [-0.3, -0.25) is 4.79 Å². The zero-order valence-corrected chi connectivity index (χ0v) is 12.4. The first-order valence-corrected chi connectivity index (χ1v) is 7.69. The zero-order valence-electron chi connectivity index (χ0n) is 12.4. The number of carbonyl (C=O) groups excluding carboxylic acids is 2. The van der Waals surface area contributed by atoms with Crippen molar-refractivity contribution in [1.82, 2.24) is 16.0 Å². The quantitative estimate of drug-likeness (QED) is 0.756. The number of benzene rings is 1. The molecule has 1 aromatic rings. The summed E-state index contributed by atoms with van der Waals surface area (Å²) in [5.41, 5.74) is 0.976. The van der Waals surface area contributed by atoms with Crippen molar-refractivity contribution >= 4 is 12.0 Å². The van der Waals surface area contributed by atoms with Crippen LogP contribution in [0, 0.1) is 0 Å². The highest BCUT2D eigenvalue weighted by molar-refractivity contribution is 5.78. The Hall–Kier alpha value is -2.08. The van der Waals surface area contributed by atoms with Gasteiger partial charge in [0.15, 0.2) is 0 Å². The van der Waals surface area contributed by atoms with Gasteiger partial charge in [0.2, 0.25) is 5.91 Å². The van der Waals surface area contributed by atoms with Crippen molar-refractivity contribution in [2.75, 3.05) is 6.54 Å². The molecule has 6 nitrogen and oxygen atoms in total. The van der Waals surface area contributed by atoms with Crippen LogP contribution in [0.4, 0.5) is 4.79 Å². The molecule has 0 aromatic heterocycles. The van der Waals surface area contributed by atoms with Crippen LogP contribution >= 0.6 is 0 Å². The molecule has 0 bridgehead atoms. The molecule has 0 radical (unpaired) electrons. The van der Waals surface area contributed by atoms with Gasteiger partial charge in [0.1, 0.15) is 6.61 Å². The first kappa shape index (κ1) is 14.8. The highest BCUT2D eigenvalue weighted by Crippen LogP contribution is 2.21. The summed E-state index contributed by atoms with van der Waals surface area (Å²) in [7, 11) is 0. The van der Waals surface area contributed by atoms with Gasteiger partial charge in [-0.05, 0) is 18.4 Å². The molecule has 1 aliphatic heterocycles. The van der Waals surface area contributed by atoms with Crippen molar-refractivity contribution in [2.45, 2.75) is 44.0 Å². The third kappa shape index (κ3) is 3.98. The topological polar surface area (TPSA) is 79.5 Å². The highest BCUT2D eigenvalue weighted by atomic mass is 16.5. The maximum Gasteiger partial charge on any atom is 0.407 e. The molecule has 3 rings (SSSR count). The molecule has 1 unspecified atom stereocenters. The molecule has 118 valence electrons. The summed E-state index contributed by atoms with van der Waals surface area (Å²) in [5.74, 6) is 0.107. The Morgan fingerprint density at radius 3 is 2.64 bits per heavy atom. The molecule has 1 aliphatic carbocycles. The maximum atomic E-state index is 11.7. The van der Waals surface area contributed by atoms with Gasteiger partial charge in [0, 0.05) is 31.1 Å². The van der Waals surface area contributed by atoms with E-state index in [-0.39, 0.29) is 30.7 Å². The van der Waals surface area contributed by atoms with E-state index in [2.05, 4.69) is 16.0 Å². The van der Waals surface area contributed by atoms with Gasteiger partial charge in [0.25, 0.3) is 0 Å². The molecule has 1 aromatic carbocycles. The van der Waals surface area contributed by atoms with Crippen LogP contribution in [0.1, 0.15) is 24.8 Å². The Bertz CT molecular complexity index is 529. The molecule has 1 atom stereocenters. The van der Waals surface area contributed by atoms with Crippen molar-refractivity contribution in [3.63, 3.8) is 0 Å². The molecule has 22 heavy (non-hydrogen) atoms. The van der Waals surface area contributed by atoms with Crippen molar-refractivity contribution in [1.29, 1.82) is 0 Å². The normalized spacial score (nSPS) is 26.9. The SMILES string of the molecule is O=C1CC(NC2CC(NC(=O)OCc3ccccc3)C2)CN1. The summed E-state index contributed by atoms with van der Waals surface area (Å²) in [6, 6.07) is 10.4. The molecule has 2 aliphatic rings. The van der Waals surface area contributed by atoms with E-state index in [9.17, 15) is 9.59 Å². The van der Waals surface area contributed by atoms with E-state index in [1.165, 1.54) is 0 Å². The lowest BCUT2D eigenvalue weighted by molar-refractivity contribution is -0.119. The van der Waals surface area contributed by atoms with Crippen LogP contribution in [-0.2, 0) is 16.1 Å². The molecule has 1 heterocycles. The summed E-state index contributed by atoms with van der Waals surface area (Å²) in [6.45, 7) is 0.990. The third-order valence-corrected chi connectivity index (χ3v) is 4.12. The molecule has 6 heteroatoms. The van der Waals surface area contributed by atoms with E-state index in [1.807, 2.05) is 30.3 Å². The van der Waals surface area contributed by atoms with E-state index in [0.717, 1.165) is 18.4 Å². The van der Waals surface area contributed by atoms with Crippen molar-refractivity contribution in [3.8, 4) is 0 Å². The maximum absolute atomic E-state index is 11.7. The molecule has 0 spiro atoms. The van der Waals surface area contributed by atoms with Crippen LogP contribution in [0.15, 0.2) is 30.3 Å². The summed E-state index contributed by atoms with van der Waals surface area (Å²) in [6.07, 6.45) is 1.94.